The van der Waals surface area contributed by atoms with Gasteiger partial charge < -0.3 is 14.4 Å². The number of ketones is 1. The van der Waals surface area contributed by atoms with Gasteiger partial charge in [0.2, 0.25) is 11.7 Å². The van der Waals surface area contributed by atoms with Gasteiger partial charge in [0, 0.05) is 24.2 Å². The highest BCUT2D eigenvalue weighted by molar-refractivity contribution is 6.01. The van der Waals surface area contributed by atoms with E-state index in [9.17, 15) is 14.4 Å². The van der Waals surface area contributed by atoms with Crippen LogP contribution in [-0.2, 0) is 9.53 Å². The first-order chi connectivity index (χ1) is 13.0. The number of benzene rings is 2. The van der Waals surface area contributed by atoms with Gasteiger partial charge in [-0.1, -0.05) is 0 Å². The molecule has 2 aromatic rings. The van der Waals surface area contributed by atoms with Crippen LogP contribution < -0.4 is 9.64 Å². The lowest BCUT2D eigenvalue weighted by Crippen LogP contribution is -2.25. The predicted octanol–water partition coefficient (Wildman–Crippen LogP) is 3.25. The Kier molecular flexibility index (Phi) is 5.54. The summed E-state index contributed by atoms with van der Waals surface area (Å²) >= 11 is 0. The molecule has 1 aliphatic heterocycles. The van der Waals surface area contributed by atoms with Gasteiger partial charge in [-0.2, -0.15) is 0 Å². The van der Waals surface area contributed by atoms with Crippen molar-refractivity contribution in [3.8, 4) is 5.75 Å². The first-order valence-electron chi connectivity index (χ1n) is 8.79. The molecule has 3 rings (SSSR count). The maximum Gasteiger partial charge on any atom is 0.338 e. The van der Waals surface area contributed by atoms with Crippen LogP contribution in [0.3, 0.4) is 0 Å². The van der Waals surface area contributed by atoms with Gasteiger partial charge in [-0.3, -0.25) is 9.59 Å². The number of anilines is 1. The zero-order chi connectivity index (χ0) is 19.4. The number of carbonyl (C=O) groups excluding carboxylic acids is 3. The molecule has 0 aromatic heterocycles. The molecule has 1 fully saturated rings. The molecular formula is C21H21NO5. The first kappa shape index (κ1) is 18.6. The third kappa shape index (κ3) is 4.16. The number of hydrogen-bond donors (Lipinski definition) is 0. The third-order valence-corrected chi connectivity index (χ3v) is 4.52. The second-order valence-corrected chi connectivity index (χ2v) is 6.34. The molecule has 0 bridgehead atoms. The van der Waals surface area contributed by atoms with Crippen LogP contribution in [-0.4, -0.2) is 37.4 Å². The van der Waals surface area contributed by atoms with E-state index in [4.69, 9.17) is 9.47 Å². The van der Waals surface area contributed by atoms with E-state index >= 15 is 0 Å². The molecule has 1 saturated heterocycles. The number of esters is 1. The van der Waals surface area contributed by atoms with Crippen LogP contribution in [0.2, 0.25) is 0 Å². The highest BCUT2D eigenvalue weighted by Crippen LogP contribution is 2.22. The monoisotopic (exact) mass is 367 g/mol. The number of carbonyl (C=O) groups is 3. The van der Waals surface area contributed by atoms with E-state index in [-0.39, 0.29) is 11.7 Å². The van der Waals surface area contributed by atoms with Gasteiger partial charge in [0.15, 0.2) is 6.10 Å². The standard InChI is InChI=1S/C21H21NO5/c1-14(20(24)15-7-11-18(26-2)12-8-15)27-21(25)16-5-9-17(10-6-16)22-13-3-4-19(22)23/h5-12,14H,3-4,13H2,1-2H3/t14-/m0/s1. The molecule has 6 heteroatoms. The van der Waals surface area contributed by atoms with E-state index in [0.29, 0.717) is 29.8 Å². The number of methoxy groups -OCH3 is 1. The summed E-state index contributed by atoms with van der Waals surface area (Å²) < 4.78 is 10.4. The number of rotatable bonds is 6. The van der Waals surface area contributed by atoms with Crippen LogP contribution in [0.4, 0.5) is 5.69 Å². The van der Waals surface area contributed by atoms with Crippen molar-refractivity contribution >= 4 is 23.3 Å². The lowest BCUT2D eigenvalue weighted by Gasteiger charge is -2.16. The number of nitrogens with zero attached hydrogens (tertiary/aromatic N) is 1. The van der Waals surface area contributed by atoms with Gasteiger partial charge in [0.05, 0.1) is 12.7 Å². The van der Waals surface area contributed by atoms with Crippen LogP contribution in [0.15, 0.2) is 48.5 Å². The van der Waals surface area contributed by atoms with Crippen molar-refractivity contribution in [3.05, 3.63) is 59.7 Å². The van der Waals surface area contributed by atoms with Crippen molar-refractivity contribution in [1.82, 2.24) is 0 Å². The van der Waals surface area contributed by atoms with Crippen molar-refractivity contribution in [3.63, 3.8) is 0 Å². The Morgan fingerprint density at radius 3 is 2.19 bits per heavy atom. The fourth-order valence-electron chi connectivity index (χ4n) is 2.97. The summed E-state index contributed by atoms with van der Waals surface area (Å²) in [5, 5.41) is 0. The normalized spacial score (nSPS) is 14.7. The highest BCUT2D eigenvalue weighted by Gasteiger charge is 2.23. The number of hydrogen-bond acceptors (Lipinski definition) is 5. The zero-order valence-electron chi connectivity index (χ0n) is 15.3. The Morgan fingerprint density at radius 1 is 1.00 bits per heavy atom. The van der Waals surface area contributed by atoms with E-state index in [2.05, 4.69) is 0 Å². The summed E-state index contributed by atoms with van der Waals surface area (Å²) in [6, 6.07) is 13.3. The average Bonchev–Trinajstić information content (AvgIpc) is 3.13. The molecule has 0 saturated carbocycles. The molecule has 1 amide bonds. The summed E-state index contributed by atoms with van der Waals surface area (Å²) in [5.74, 6) is -0.134. The molecule has 0 N–H and O–H groups in total. The quantitative estimate of drug-likeness (QED) is 0.579. The third-order valence-electron chi connectivity index (χ3n) is 4.52. The van der Waals surface area contributed by atoms with E-state index in [1.807, 2.05) is 0 Å². The van der Waals surface area contributed by atoms with Gasteiger partial charge in [0.1, 0.15) is 5.75 Å². The van der Waals surface area contributed by atoms with Crippen molar-refractivity contribution in [2.24, 2.45) is 0 Å². The second-order valence-electron chi connectivity index (χ2n) is 6.34. The largest absolute Gasteiger partial charge is 0.497 e. The molecule has 1 atom stereocenters. The minimum absolute atomic E-state index is 0.0871. The summed E-state index contributed by atoms with van der Waals surface area (Å²) in [5.41, 5.74) is 1.54. The van der Waals surface area contributed by atoms with Crippen molar-refractivity contribution < 1.29 is 23.9 Å². The minimum atomic E-state index is -0.911. The molecule has 6 nitrogen and oxygen atoms in total. The molecule has 0 radical (unpaired) electrons. The topological polar surface area (TPSA) is 72.9 Å². The molecule has 0 aliphatic carbocycles. The van der Waals surface area contributed by atoms with Crippen LogP contribution in [0.1, 0.15) is 40.5 Å². The number of ether oxygens (including phenoxy) is 2. The van der Waals surface area contributed by atoms with Crippen LogP contribution >= 0.6 is 0 Å². The SMILES string of the molecule is COc1ccc(C(=O)[C@H](C)OC(=O)c2ccc(N3CCCC3=O)cc2)cc1. The molecule has 0 spiro atoms. The van der Waals surface area contributed by atoms with E-state index < -0.39 is 12.1 Å². The van der Waals surface area contributed by atoms with Crippen molar-refractivity contribution in [2.45, 2.75) is 25.9 Å². The Morgan fingerprint density at radius 2 is 1.63 bits per heavy atom. The summed E-state index contributed by atoms with van der Waals surface area (Å²) in [6.07, 6.45) is 0.480. The fourth-order valence-corrected chi connectivity index (χ4v) is 2.97. The minimum Gasteiger partial charge on any atom is -0.497 e. The molecule has 140 valence electrons. The van der Waals surface area contributed by atoms with Gasteiger partial charge in [-0.25, -0.2) is 4.79 Å². The van der Waals surface area contributed by atoms with Crippen LogP contribution in [0.5, 0.6) is 5.75 Å². The molecule has 0 unspecified atom stereocenters. The van der Waals surface area contributed by atoms with Gasteiger partial charge >= 0.3 is 5.97 Å². The zero-order valence-corrected chi connectivity index (χ0v) is 15.3. The second kappa shape index (κ2) is 8.03. The number of amides is 1. The summed E-state index contributed by atoms with van der Waals surface area (Å²) in [4.78, 5) is 38.2. The first-order valence-corrected chi connectivity index (χ1v) is 8.79. The predicted molar refractivity (Wildman–Crippen MR) is 100 cm³/mol. The molecule has 1 aliphatic rings. The molecular weight excluding hydrogens is 346 g/mol. The van der Waals surface area contributed by atoms with Gasteiger partial charge in [-0.05, 0) is 61.9 Å². The Hall–Kier alpha value is -3.15. The van der Waals surface area contributed by atoms with Crippen molar-refractivity contribution in [1.29, 1.82) is 0 Å². The Balaban J connectivity index is 1.63. The Labute approximate surface area is 157 Å². The maximum absolute atomic E-state index is 12.4. The number of Topliss-reactive ketones (excluding diaryl/α,β-unsaturated/α-hetero) is 1. The average molecular weight is 367 g/mol. The van der Waals surface area contributed by atoms with E-state index in [1.54, 1.807) is 67.5 Å². The smallest absolute Gasteiger partial charge is 0.338 e. The lowest BCUT2D eigenvalue weighted by molar-refractivity contribution is -0.117. The van der Waals surface area contributed by atoms with Crippen LogP contribution in [0.25, 0.3) is 0 Å². The highest BCUT2D eigenvalue weighted by atomic mass is 16.5. The van der Waals surface area contributed by atoms with E-state index in [1.165, 1.54) is 0 Å². The van der Waals surface area contributed by atoms with Gasteiger partial charge in [-0.15, -0.1) is 0 Å². The summed E-state index contributed by atoms with van der Waals surface area (Å²) in [7, 11) is 1.55. The maximum atomic E-state index is 12.4. The fraction of sp³-hybridized carbons (Fsp3) is 0.286. The lowest BCUT2D eigenvalue weighted by atomic mass is 10.1. The Bertz CT molecular complexity index is 842. The van der Waals surface area contributed by atoms with Gasteiger partial charge in [0.25, 0.3) is 0 Å². The van der Waals surface area contributed by atoms with E-state index in [0.717, 1.165) is 12.1 Å². The van der Waals surface area contributed by atoms with Crippen LogP contribution in [0, 0.1) is 0 Å². The summed E-state index contributed by atoms with van der Waals surface area (Å²) in [6.45, 7) is 2.23. The molecule has 2 aromatic carbocycles. The van der Waals surface area contributed by atoms with Crippen molar-refractivity contribution in [2.75, 3.05) is 18.6 Å². The molecule has 1 heterocycles. The molecule has 27 heavy (non-hydrogen) atoms.